The molecule has 3 nitrogen and oxygen atoms in total. The van der Waals surface area contributed by atoms with Gasteiger partial charge in [-0.1, -0.05) is 18.7 Å². The lowest BCUT2D eigenvalue weighted by Gasteiger charge is -2.32. The smallest absolute Gasteiger partial charge is 0.125 e. The van der Waals surface area contributed by atoms with E-state index in [0.29, 0.717) is 11.8 Å². The lowest BCUT2D eigenvalue weighted by Crippen LogP contribution is -2.41. The van der Waals surface area contributed by atoms with Crippen molar-refractivity contribution >= 4 is 5.70 Å². The van der Waals surface area contributed by atoms with Crippen LogP contribution >= 0.6 is 0 Å². The van der Waals surface area contributed by atoms with Gasteiger partial charge >= 0.3 is 0 Å². The van der Waals surface area contributed by atoms with E-state index in [2.05, 4.69) is 22.9 Å². The fourth-order valence-corrected chi connectivity index (χ4v) is 2.60. The van der Waals surface area contributed by atoms with Gasteiger partial charge in [0, 0.05) is 30.9 Å². The van der Waals surface area contributed by atoms with Crippen molar-refractivity contribution < 1.29 is 5.11 Å². The van der Waals surface area contributed by atoms with E-state index in [1.54, 1.807) is 6.07 Å². The van der Waals surface area contributed by atoms with Crippen LogP contribution in [0.25, 0.3) is 5.70 Å². The molecule has 2 aliphatic heterocycles. The molecule has 1 saturated heterocycles. The van der Waals surface area contributed by atoms with E-state index < -0.39 is 0 Å². The number of rotatable bonds is 0. The Labute approximate surface area is 89.0 Å². The Morgan fingerprint density at radius 3 is 3.20 bits per heavy atom. The number of piperazine rings is 1. The Balaban J connectivity index is 2.15. The second-order valence-corrected chi connectivity index (χ2v) is 4.10. The maximum Gasteiger partial charge on any atom is 0.125 e. The molecule has 0 amide bonds. The van der Waals surface area contributed by atoms with E-state index in [1.165, 1.54) is 5.56 Å². The van der Waals surface area contributed by atoms with Gasteiger partial charge in [0.1, 0.15) is 5.75 Å². The van der Waals surface area contributed by atoms with E-state index in [0.717, 1.165) is 30.9 Å². The Hall–Kier alpha value is -1.48. The van der Waals surface area contributed by atoms with Gasteiger partial charge in [-0.05, 0) is 11.6 Å². The van der Waals surface area contributed by atoms with Crippen LogP contribution in [0.15, 0.2) is 24.8 Å². The second-order valence-electron chi connectivity index (χ2n) is 4.10. The van der Waals surface area contributed by atoms with Crippen LogP contribution in [0.4, 0.5) is 0 Å². The van der Waals surface area contributed by atoms with Crippen molar-refractivity contribution in [3.63, 3.8) is 0 Å². The van der Waals surface area contributed by atoms with Crippen molar-refractivity contribution in [2.45, 2.75) is 6.04 Å². The summed E-state index contributed by atoms with van der Waals surface area (Å²) in [5.41, 5.74) is 3.10. The molecule has 2 N–H and O–H groups in total. The molecule has 15 heavy (non-hydrogen) atoms. The summed E-state index contributed by atoms with van der Waals surface area (Å²) in [5, 5.41) is 13.2. The lowest BCUT2D eigenvalue weighted by molar-refractivity contribution is 0.262. The summed E-state index contributed by atoms with van der Waals surface area (Å²) in [6.45, 7) is 6.98. The summed E-state index contributed by atoms with van der Waals surface area (Å²) in [5.74, 6) is 0.354. The molecule has 0 spiro atoms. The average Bonchev–Trinajstić information content (AvgIpc) is 2.55. The minimum Gasteiger partial charge on any atom is -0.507 e. The van der Waals surface area contributed by atoms with Crippen molar-refractivity contribution in [3.05, 3.63) is 35.9 Å². The molecule has 0 bridgehead atoms. The molecule has 2 heterocycles. The third kappa shape index (κ3) is 1.10. The summed E-state index contributed by atoms with van der Waals surface area (Å²) in [6.07, 6.45) is 0. The number of fused-ring (bicyclic) bond motifs is 3. The summed E-state index contributed by atoms with van der Waals surface area (Å²) in [6, 6.07) is 6.07. The van der Waals surface area contributed by atoms with E-state index in [1.807, 2.05) is 6.07 Å². The molecule has 1 aromatic carbocycles. The average molecular weight is 202 g/mol. The van der Waals surface area contributed by atoms with Crippen molar-refractivity contribution in [2.24, 2.45) is 0 Å². The molecule has 0 aliphatic carbocycles. The number of hydrogen-bond donors (Lipinski definition) is 2. The first kappa shape index (κ1) is 8.80. The predicted molar refractivity (Wildman–Crippen MR) is 59.5 cm³/mol. The fraction of sp³-hybridized carbons (Fsp3) is 0.333. The second kappa shape index (κ2) is 3.00. The van der Waals surface area contributed by atoms with Crippen LogP contribution in [-0.4, -0.2) is 29.6 Å². The highest BCUT2D eigenvalue weighted by molar-refractivity contribution is 5.75. The van der Waals surface area contributed by atoms with Crippen molar-refractivity contribution in [1.82, 2.24) is 10.2 Å². The highest BCUT2D eigenvalue weighted by Gasteiger charge is 2.35. The van der Waals surface area contributed by atoms with Crippen LogP contribution in [-0.2, 0) is 0 Å². The molecular weight excluding hydrogens is 188 g/mol. The van der Waals surface area contributed by atoms with Crippen LogP contribution in [0.2, 0.25) is 0 Å². The van der Waals surface area contributed by atoms with Crippen LogP contribution in [0.5, 0.6) is 5.75 Å². The number of hydrogen-bond acceptors (Lipinski definition) is 3. The number of nitrogens with zero attached hydrogens (tertiary/aromatic N) is 1. The molecule has 0 aromatic heterocycles. The zero-order chi connectivity index (χ0) is 10.4. The Morgan fingerprint density at radius 2 is 2.33 bits per heavy atom. The molecule has 1 atom stereocenters. The van der Waals surface area contributed by atoms with Crippen molar-refractivity contribution in [3.8, 4) is 5.75 Å². The predicted octanol–water partition coefficient (Wildman–Crippen LogP) is 1.32. The summed E-state index contributed by atoms with van der Waals surface area (Å²) >= 11 is 0. The van der Waals surface area contributed by atoms with Crippen LogP contribution in [0.1, 0.15) is 17.2 Å². The first-order valence-electron chi connectivity index (χ1n) is 5.27. The monoisotopic (exact) mass is 202 g/mol. The highest BCUT2D eigenvalue weighted by Crippen LogP contribution is 2.44. The number of phenols is 1. The Morgan fingerprint density at radius 1 is 1.47 bits per heavy atom. The molecule has 3 heteroatoms. The van der Waals surface area contributed by atoms with Crippen molar-refractivity contribution in [1.29, 1.82) is 0 Å². The van der Waals surface area contributed by atoms with Gasteiger partial charge in [-0.2, -0.15) is 0 Å². The third-order valence-corrected chi connectivity index (χ3v) is 3.31. The number of benzene rings is 1. The Bertz CT molecular complexity index is 428. The molecule has 3 rings (SSSR count). The van der Waals surface area contributed by atoms with Gasteiger partial charge in [-0.25, -0.2) is 0 Å². The fourth-order valence-electron chi connectivity index (χ4n) is 2.60. The third-order valence-electron chi connectivity index (χ3n) is 3.31. The standard InChI is InChI=1S/C12H14N2O/c1-8-12-9(3-2-4-11(12)15)10-7-13-5-6-14(8)10/h2-4,10,13,15H,1,5-7H2. The molecule has 1 aromatic rings. The molecule has 2 aliphatic rings. The van der Waals surface area contributed by atoms with Crippen LogP contribution in [0.3, 0.4) is 0 Å². The van der Waals surface area contributed by atoms with E-state index in [-0.39, 0.29) is 0 Å². The first-order chi connectivity index (χ1) is 7.29. The van der Waals surface area contributed by atoms with E-state index >= 15 is 0 Å². The van der Waals surface area contributed by atoms with Crippen molar-refractivity contribution in [2.75, 3.05) is 19.6 Å². The topological polar surface area (TPSA) is 35.5 Å². The van der Waals surface area contributed by atoms with E-state index in [9.17, 15) is 5.11 Å². The molecule has 1 fully saturated rings. The van der Waals surface area contributed by atoms with Gasteiger partial charge in [-0.15, -0.1) is 0 Å². The number of nitrogens with one attached hydrogen (secondary N) is 1. The Kier molecular flexibility index (Phi) is 1.76. The SMILES string of the molecule is C=C1c2c(O)cccc2C2CNCCN12. The molecular formula is C12H14N2O. The zero-order valence-electron chi connectivity index (χ0n) is 8.53. The molecule has 1 unspecified atom stereocenters. The van der Waals surface area contributed by atoms with Gasteiger partial charge in [0.05, 0.1) is 6.04 Å². The summed E-state index contributed by atoms with van der Waals surface area (Å²) < 4.78 is 0. The molecule has 0 radical (unpaired) electrons. The maximum atomic E-state index is 9.84. The lowest BCUT2D eigenvalue weighted by atomic mass is 10.0. The normalized spacial score (nSPS) is 23.9. The van der Waals surface area contributed by atoms with E-state index in [4.69, 9.17) is 0 Å². The van der Waals surface area contributed by atoms with Gasteiger partial charge in [0.2, 0.25) is 0 Å². The number of phenolic OH excluding ortho intramolecular Hbond substituents is 1. The maximum absolute atomic E-state index is 9.84. The van der Waals surface area contributed by atoms with Crippen LogP contribution in [0, 0.1) is 0 Å². The largest absolute Gasteiger partial charge is 0.507 e. The quantitative estimate of drug-likeness (QED) is 0.666. The van der Waals surface area contributed by atoms with Gasteiger partial charge in [-0.3, -0.25) is 0 Å². The first-order valence-corrected chi connectivity index (χ1v) is 5.27. The van der Waals surface area contributed by atoms with Gasteiger partial charge < -0.3 is 15.3 Å². The minimum atomic E-state index is 0.354. The molecule has 0 saturated carbocycles. The minimum absolute atomic E-state index is 0.354. The highest BCUT2D eigenvalue weighted by atomic mass is 16.3. The van der Waals surface area contributed by atoms with Crippen LogP contribution < -0.4 is 5.32 Å². The summed E-state index contributed by atoms with van der Waals surface area (Å²) in [4.78, 5) is 2.28. The molecule has 78 valence electrons. The van der Waals surface area contributed by atoms with Gasteiger partial charge in [0.15, 0.2) is 0 Å². The summed E-state index contributed by atoms with van der Waals surface area (Å²) in [7, 11) is 0. The zero-order valence-corrected chi connectivity index (χ0v) is 8.53. The van der Waals surface area contributed by atoms with Gasteiger partial charge in [0.25, 0.3) is 0 Å². The number of aromatic hydroxyl groups is 1.